The third-order valence-electron chi connectivity index (χ3n) is 3.89. The average Bonchev–Trinajstić information content (AvgIpc) is 2.60. The molecule has 2 atom stereocenters. The van der Waals surface area contributed by atoms with Crippen molar-refractivity contribution in [2.75, 3.05) is 13.1 Å². The van der Waals surface area contributed by atoms with Crippen LogP contribution in [0.3, 0.4) is 0 Å². The van der Waals surface area contributed by atoms with E-state index in [0.717, 1.165) is 37.9 Å². The molecule has 2 rings (SSSR count). The van der Waals surface area contributed by atoms with Gasteiger partial charge in [-0.3, -0.25) is 15.0 Å². The Morgan fingerprint density at radius 1 is 1.42 bits per heavy atom. The highest BCUT2D eigenvalue weighted by atomic mass is 16.6. The standard InChI is InChI=1S/C14H21N3O2/c1-2-16-10-6-5-8-12(15)14(16)11-7-3-4-9-13(11)17(18)19/h3-4,7,9,12,14H,2,5-6,8,10,15H2,1H3. The monoisotopic (exact) mass is 263 g/mol. The van der Waals surface area contributed by atoms with Crippen LogP contribution < -0.4 is 5.73 Å². The van der Waals surface area contributed by atoms with E-state index < -0.39 is 0 Å². The fourth-order valence-corrected chi connectivity index (χ4v) is 2.95. The summed E-state index contributed by atoms with van der Waals surface area (Å²) in [6.45, 7) is 3.91. The Bertz CT molecular complexity index is 450. The van der Waals surface area contributed by atoms with Gasteiger partial charge in [-0.1, -0.05) is 31.5 Å². The molecular weight excluding hydrogens is 242 g/mol. The van der Waals surface area contributed by atoms with E-state index in [1.54, 1.807) is 12.1 Å². The maximum atomic E-state index is 11.2. The number of nitro groups is 1. The van der Waals surface area contributed by atoms with E-state index in [4.69, 9.17) is 5.73 Å². The Morgan fingerprint density at radius 3 is 2.84 bits per heavy atom. The molecule has 5 heteroatoms. The van der Waals surface area contributed by atoms with Crippen molar-refractivity contribution in [1.29, 1.82) is 0 Å². The molecule has 0 aromatic heterocycles. The van der Waals surface area contributed by atoms with E-state index in [1.807, 2.05) is 12.1 Å². The Morgan fingerprint density at radius 2 is 2.16 bits per heavy atom. The minimum absolute atomic E-state index is 0.0384. The van der Waals surface area contributed by atoms with Crippen molar-refractivity contribution in [3.05, 3.63) is 39.9 Å². The lowest BCUT2D eigenvalue weighted by atomic mass is 9.95. The van der Waals surface area contributed by atoms with Gasteiger partial charge in [-0.25, -0.2) is 0 Å². The average molecular weight is 263 g/mol. The van der Waals surface area contributed by atoms with Crippen molar-refractivity contribution in [2.24, 2.45) is 5.73 Å². The first-order valence-corrected chi connectivity index (χ1v) is 6.88. The molecule has 0 aliphatic carbocycles. The molecule has 1 saturated heterocycles. The van der Waals surface area contributed by atoms with Gasteiger partial charge >= 0.3 is 0 Å². The zero-order chi connectivity index (χ0) is 13.8. The van der Waals surface area contributed by atoms with Crippen LogP contribution in [0.1, 0.15) is 37.8 Å². The van der Waals surface area contributed by atoms with Gasteiger partial charge < -0.3 is 5.73 Å². The van der Waals surface area contributed by atoms with Crippen LogP contribution in [-0.4, -0.2) is 29.0 Å². The minimum Gasteiger partial charge on any atom is -0.326 e. The number of likely N-dealkylation sites (N-methyl/N-ethyl adjacent to an activating group) is 1. The summed E-state index contributed by atoms with van der Waals surface area (Å²) < 4.78 is 0. The number of rotatable bonds is 3. The van der Waals surface area contributed by atoms with Crippen LogP contribution in [0.5, 0.6) is 0 Å². The highest BCUT2D eigenvalue weighted by molar-refractivity contribution is 5.42. The predicted octanol–water partition coefficient (Wildman–Crippen LogP) is 2.47. The Kier molecular flexibility index (Phi) is 4.50. The molecule has 0 saturated carbocycles. The molecule has 2 N–H and O–H groups in total. The lowest BCUT2D eigenvalue weighted by Gasteiger charge is -2.32. The van der Waals surface area contributed by atoms with Gasteiger partial charge in [0.2, 0.25) is 0 Å². The molecule has 5 nitrogen and oxygen atoms in total. The van der Waals surface area contributed by atoms with E-state index >= 15 is 0 Å². The van der Waals surface area contributed by atoms with Crippen molar-refractivity contribution in [1.82, 2.24) is 4.90 Å². The second-order valence-corrected chi connectivity index (χ2v) is 5.05. The lowest BCUT2D eigenvalue weighted by molar-refractivity contribution is -0.386. The number of nitrogens with two attached hydrogens (primary N) is 1. The molecule has 0 spiro atoms. The number of likely N-dealkylation sites (tertiary alicyclic amines) is 1. The molecule has 104 valence electrons. The Balaban J connectivity index is 2.43. The summed E-state index contributed by atoms with van der Waals surface area (Å²) in [7, 11) is 0. The number of hydrogen-bond acceptors (Lipinski definition) is 4. The predicted molar refractivity (Wildman–Crippen MR) is 74.9 cm³/mol. The molecule has 1 aromatic carbocycles. The summed E-state index contributed by atoms with van der Waals surface area (Å²) in [4.78, 5) is 13.2. The molecule has 1 aromatic rings. The maximum Gasteiger partial charge on any atom is 0.274 e. The van der Waals surface area contributed by atoms with E-state index in [9.17, 15) is 10.1 Å². The van der Waals surface area contributed by atoms with Crippen LogP contribution in [0, 0.1) is 10.1 Å². The van der Waals surface area contributed by atoms with Crippen molar-refractivity contribution < 1.29 is 4.92 Å². The van der Waals surface area contributed by atoms with Crippen molar-refractivity contribution in [3.8, 4) is 0 Å². The molecule has 2 unspecified atom stereocenters. The second kappa shape index (κ2) is 6.12. The van der Waals surface area contributed by atoms with Crippen molar-refractivity contribution in [3.63, 3.8) is 0 Å². The SMILES string of the molecule is CCN1CCCCC(N)C1c1ccccc1[N+](=O)[O-]. The maximum absolute atomic E-state index is 11.2. The molecular formula is C14H21N3O2. The van der Waals surface area contributed by atoms with E-state index in [0.29, 0.717) is 0 Å². The summed E-state index contributed by atoms with van der Waals surface area (Å²) in [5.41, 5.74) is 7.22. The van der Waals surface area contributed by atoms with Crippen LogP contribution in [0.15, 0.2) is 24.3 Å². The van der Waals surface area contributed by atoms with Crippen LogP contribution in [-0.2, 0) is 0 Å². The molecule has 1 fully saturated rings. The van der Waals surface area contributed by atoms with E-state index in [2.05, 4.69) is 11.8 Å². The normalized spacial score (nSPS) is 24.9. The summed E-state index contributed by atoms with van der Waals surface area (Å²) in [5.74, 6) is 0. The lowest BCUT2D eigenvalue weighted by Crippen LogP contribution is -2.40. The highest BCUT2D eigenvalue weighted by Gasteiger charge is 2.32. The van der Waals surface area contributed by atoms with Gasteiger partial charge in [0.05, 0.1) is 11.0 Å². The van der Waals surface area contributed by atoms with Gasteiger partial charge in [-0.2, -0.15) is 0 Å². The molecule has 0 radical (unpaired) electrons. The largest absolute Gasteiger partial charge is 0.326 e. The van der Waals surface area contributed by atoms with Crippen LogP contribution >= 0.6 is 0 Å². The molecule has 19 heavy (non-hydrogen) atoms. The number of hydrogen-bond donors (Lipinski definition) is 1. The first kappa shape index (κ1) is 14.0. The highest BCUT2D eigenvalue weighted by Crippen LogP contribution is 2.34. The Hall–Kier alpha value is -1.46. The minimum atomic E-state index is -0.305. The zero-order valence-electron chi connectivity index (χ0n) is 11.3. The van der Waals surface area contributed by atoms with Gasteiger partial charge in [0.1, 0.15) is 0 Å². The van der Waals surface area contributed by atoms with Gasteiger partial charge in [0, 0.05) is 17.7 Å². The smallest absolute Gasteiger partial charge is 0.274 e. The summed E-state index contributed by atoms with van der Waals surface area (Å²) in [5, 5.41) is 11.2. The van der Waals surface area contributed by atoms with E-state index in [1.165, 1.54) is 0 Å². The Labute approximate surface area is 113 Å². The van der Waals surface area contributed by atoms with Gasteiger partial charge in [0.15, 0.2) is 0 Å². The fraction of sp³-hybridized carbons (Fsp3) is 0.571. The first-order chi connectivity index (χ1) is 9.15. The van der Waals surface area contributed by atoms with Gasteiger partial charge in [-0.15, -0.1) is 0 Å². The molecule has 1 aliphatic rings. The number of para-hydroxylation sites is 1. The number of benzene rings is 1. The van der Waals surface area contributed by atoms with Gasteiger partial charge in [-0.05, 0) is 25.9 Å². The second-order valence-electron chi connectivity index (χ2n) is 5.05. The quantitative estimate of drug-likeness (QED) is 0.671. The molecule has 1 aliphatic heterocycles. The van der Waals surface area contributed by atoms with Gasteiger partial charge in [0.25, 0.3) is 5.69 Å². The van der Waals surface area contributed by atoms with Crippen LogP contribution in [0.2, 0.25) is 0 Å². The summed E-state index contributed by atoms with van der Waals surface area (Å²) >= 11 is 0. The number of nitro benzene ring substituents is 1. The third-order valence-corrected chi connectivity index (χ3v) is 3.89. The molecule has 1 heterocycles. The van der Waals surface area contributed by atoms with Crippen LogP contribution in [0.4, 0.5) is 5.69 Å². The first-order valence-electron chi connectivity index (χ1n) is 6.88. The van der Waals surface area contributed by atoms with Crippen molar-refractivity contribution in [2.45, 2.75) is 38.3 Å². The summed E-state index contributed by atoms with van der Waals surface area (Å²) in [6.07, 6.45) is 3.13. The van der Waals surface area contributed by atoms with Crippen molar-refractivity contribution >= 4 is 5.69 Å². The molecule has 0 bridgehead atoms. The fourth-order valence-electron chi connectivity index (χ4n) is 2.95. The van der Waals surface area contributed by atoms with Crippen LogP contribution in [0.25, 0.3) is 0 Å². The molecule has 0 amide bonds. The summed E-state index contributed by atoms with van der Waals surface area (Å²) in [6, 6.07) is 6.89. The third kappa shape index (κ3) is 2.93. The topological polar surface area (TPSA) is 72.4 Å². The zero-order valence-corrected chi connectivity index (χ0v) is 11.3. The number of nitrogens with zero attached hydrogens (tertiary/aromatic N) is 2. The van der Waals surface area contributed by atoms with E-state index in [-0.39, 0.29) is 22.7 Å².